The van der Waals surface area contributed by atoms with E-state index in [4.69, 9.17) is 9.47 Å². The van der Waals surface area contributed by atoms with E-state index < -0.39 is 11.9 Å². The number of rotatable bonds is 8. The standard InChI is InChI=1S/C25H23N3O6/c1-15-7-9-16(10-8-15)23(29)27-19-6-4-5-17(13-19)24(30)28-26-14-18-11-12-20(33-2)22(34-3)21(18)25(31)32/h4-14H,1-3H3,(H,27,29)(H,28,30)(H,31,32). The molecule has 34 heavy (non-hydrogen) atoms. The highest BCUT2D eigenvalue weighted by atomic mass is 16.5. The third-order valence-electron chi connectivity index (χ3n) is 4.86. The fourth-order valence-corrected chi connectivity index (χ4v) is 3.14. The number of amides is 2. The van der Waals surface area contributed by atoms with Crippen molar-refractivity contribution < 1.29 is 29.0 Å². The van der Waals surface area contributed by atoms with E-state index in [9.17, 15) is 19.5 Å². The Morgan fingerprint density at radius 1 is 0.912 bits per heavy atom. The van der Waals surface area contributed by atoms with E-state index in [0.29, 0.717) is 11.3 Å². The van der Waals surface area contributed by atoms with E-state index in [1.54, 1.807) is 30.3 Å². The van der Waals surface area contributed by atoms with Gasteiger partial charge in [-0.05, 0) is 49.4 Å². The summed E-state index contributed by atoms with van der Waals surface area (Å²) in [5.41, 5.74) is 4.64. The number of methoxy groups -OCH3 is 2. The molecule has 0 fully saturated rings. The molecule has 0 atom stereocenters. The van der Waals surface area contributed by atoms with Crippen LogP contribution < -0.4 is 20.2 Å². The monoisotopic (exact) mass is 461 g/mol. The first-order chi connectivity index (χ1) is 16.3. The molecule has 0 aliphatic carbocycles. The van der Waals surface area contributed by atoms with Gasteiger partial charge in [0.2, 0.25) is 0 Å². The zero-order valence-corrected chi connectivity index (χ0v) is 18.8. The third-order valence-corrected chi connectivity index (χ3v) is 4.86. The highest BCUT2D eigenvalue weighted by molar-refractivity contribution is 6.05. The molecule has 0 bridgehead atoms. The fraction of sp³-hybridized carbons (Fsp3) is 0.120. The van der Waals surface area contributed by atoms with Crippen molar-refractivity contribution in [2.24, 2.45) is 5.10 Å². The first-order valence-corrected chi connectivity index (χ1v) is 10.1. The Morgan fingerprint density at radius 3 is 2.29 bits per heavy atom. The summed E-state index contributed by atoms with van der Waals surface area (Å²) in [6, 6.07) is 16.5. The minimum absolute atomic E-state index is 0.0438. The number of aryl methyl sites for hydroxylation is 1. The van der Waals surface area contributed by atoms with E-state index in [0.717, 1.165) is 5.56 Å². The lowest BCUT2D eigenvalue weighted by atomic mass is 10.1. The van der Waals surface area contributed by atoms with Gasteiger partial charge in [0.15, 0.2) is 11.5 Å². The van der Waals surface area contributed by atoms with Crippen LogP contribution in [0, 0.1) is 6.92 Å². The van der Waals surface area contributed by atoms with E-state index in [1.165, 1.54) is 38.6 Å². The predicted octanol–water partition coefficient (Wildman–Crippen LogP) is 3.73. The van der Waals surface area contributed by atoms with Crippen molar-refractivity contribution in [3.05, 3.63) is 88.5 Å². The molecule has 0 saturated heterocycles. The van der Waals surface area contributed by atoms with Crippen molar-refractivity contribution in [1.82, 2.24) is 5.43 Å². The molecule has 0 aliphatic heterocycles. The van der Waals surface area contributed by atoms with E-state index in [1.807, 2.05) is 19.1 Å². The molecule has 9 nitrogen and oxygen atoms in total. The topological polar surface area (TPSA) is 126 Å². The molecule has 3 aromatic carbocycles. The number of aromatic carboxylic acids is 1. The molecule has 0 aliphatic rings. The number of carboxylic acids is 1. The third kappa shape index (κ3) is 5.57. The number of carbonyl (C=O) groups is 3. The normalized spacial score (nSPS) is 10.6. The van der Waals surface area contributed by atoms with Crippen LogP contribution in [0.3, 0.4) is 0 Å². The van der Waals surface area contributed by atoms with Crippen LogP contribution in [0.4, 0.5) is 5.69 Å². The summed E-state index contributed by atoms with van der Waals surface area (Å²) in [5, 5.41) is 16.2. The summed E-state index contributed by atoms with van der Waals surface area (Å²) >= 11 is 0. The van der Waals surface area contributed by atoms with Crippen molar-refractivity contribution in [2.45, 2.75) is 6.92 Å². The van der Waals surface area contributed by atoms with Gasteiger partial charge < -0.3 is 19.9 Å². The molecule has 9 heteroatoms. The Balaban J connectivity index is 1.73. The molecule has 0 saturated carbocycles. The van der Waals surface area contributed by atoms with E-state index >= 15 is 0 Å². The Hall–Kier alpha value is -4.66. The minimum atomic E-state index is -1.24. The SMILES string of the molecule is COc1ccc(C=NNC(=O)c2cccc(NC(=O)c3ccc(C)cc3)c2)c(C(=O)O)c1OC. The first-order valence-electron chi connectivity index (χ1n) is 10.1. The molecule has 2 amide bonds. The van der Waals surface area contributed by atoms with Crippen LogP contribution in [0.2, 0.25) is 0 Å². The van der Waals surface area contributed by atoms with Gasteiger partial charge in [-0.2, -0.15) is 5.10 Å². The quantitative estimate of drug-likeness (QED) is 0.347. The second-order valence-corrected chi connectivity index (χ2v) is 7.17. The molecular weight excluding hydrogens is 438 g/mol. The van der Waals surface area contributed by atoms with Gasteiger partial charge >= 0.3 is 5.97 Å². The van der Waals surface area contributed by atoms with Crippen LogP contribution in [0.15, 0.2) is 65.8 Å². The Morgan fingerprint density at radius 2 is 1.65 bits per heavy atom. The van der Waals surface area contributed by atoms with Crippen LogP contribution in [-0.2, 0) is 0 Å². The van der Waals surface area contributed by atoms with Crippen molar-refractivity contribution in [1.29, 1.82) is 0 Å². The average Bonchev–Trinajstić information content (AvgIpc) is 2.83. The Bertz CT molecular complexity index is 1250. The summed E-state index contributed by atoms with van der Waals surface area (Å²) in [5.74, 6) is -1.78. The van der Waals surface area contributed by atoms with Gasteiger partial charge in [0.1, 0.15) is 5.56 Å². The van der Waals surface area contributed by atoms with Gasteiger partial charge in [-0.25, -0.2) is 10.2 Å². The van der Waals surface area contributed by atoms with Crippen LogP contribution in [0.1, 0.15) is 42.2 Å². The van der Waals surface area contributed by atoms with Crippen molar-refractivity contribution >= 4 is 29.7 Å². The van der Waals surface area contributed by atoms with Crippen molar-refractivity contribution in [3.8, 4) is 11.5 Å². The number of carbonyl (C=O) groups excluding carboxylic acids is 2. The molecule has 3 rings (SSSR count). The van der Waals surface area contributed by atoms with E-state index in [-0.39, 0.29) is 34.1 Å². The lowest BCUT2D eigenvalue weighted by Crippen LogP contribution is -2.18. The predicted molar refractivity (Wildman–Crippen MR) is 127 cm³/mol. The number of carboxylic acid groups (broad SMARTS) is 1. The van der Waals surface area contributed by atoms with Crippen LogP contribution in [0.5, 0.6) is 11.5 Å². The van der Waals surface area contributed by atoms with Crippen LogP contribution in [0.25, 0.3) is 0 Å². The summed E-state index contributed by atoms with van der Waals surface area (Å²) in [4.78, 5) is 36.7. The lowest BCUT2D eigenvalue weighted by Gasteiger charge is -2.12. The van der Waals surface area contributed by atoms with Gasteiger partial charge in [-0.1, -0.05) is 23.8 Å². The smallest absolute Gasteiger partial charge is 0.340 e. The molecule has 3 N–H and O–H groups in total. The fourth-order valence-electron chi connectivity index (χ4n) is 3.14. The second-order valence-electron chi connectivity index (χ2n) is 7.17. The van der Waals surface area contributed by atoms with E-state index in [2.05, 4.69) is 15.8 Å². The Labute approximate surface area is 196 Å². The molecule has 0 heterocycles. The Kier molecular flexibility index (Phi) is 7.60. The summed E-state index contributed by atoms with van der Waals surface area (Å²) in [7, 11) is 2.73. The van der Waals surface area contributed by atoms with Gasteiger partial charge in [0, 0.05) is 22.4 Å². The number of hydrogen-bond donors (Lipinski definition) is 3. The van der Waals surface area contributed by atoms with Gasteiger partial charge in [-0.3, -0.25) is 9.59 Å². The average molecular weight is 461 g/mol. The number of nitrogens with zero attached hydrogens (tertiary/aromatic N) is 1. The van der Waals surface area contributed by atoms with Gasteiger partial charge in [0.05, 0.1) is 20.4 Å². The number of ether oxygens (including phenoxy) is 2. The molecule has 3 aromatic rings. The largest absolute Gasteiger partial charge is 0.493 e. The zero-order valence-electron chi connectivity index (χ0n) is 18.8. The molecular formula is C25H23N3O6. The van der Waals surface area contributed by atoms with Gasteiger partial charge in [-0.15, -0.1) is 0 Å². The number of hydrazone groups is 1. The molecule has 174 valence electrons. The molecule has 0 radical (unpaired) electrons. The van der Waals surface area contributed by atoms with Gasteiger partial charge in [0.25, 0.3) is 11.8 Å². The number of anilines is 1. The minimum Gasteiger partial charge on any atom is -0.493 e. The number of nitrogens with one attached hydrogen (secondary N) is 2. The summed E-state index contributed by atoms with van der Waals surface area (Å²) < 4.78 is 10.3. The maximum absolute atomic E-state index is 12.5. The summed E-state index contributed by atoms with van der Waals surface area (Å²) in [6.07, 6.45) is 1.20. The lowest BCUT2D eigenvalue weighted by molar-refractivity contribution is 0.0692. The first kappa shape index (κ1) is 24.0. The van der Waals surface area contributed by atoms with Crippen LogP contribution in [-0.4, -0.2) is 43.3 Å². The van der Waals surface area contributed by atoms with Crippen LogP contribution >= 0.6 is 0 Å². The van der Waals surface area contributed by atoms with Crippen molar-refractivity contribution in [3.63, 3.8) is 0 Å². The molecule has 0 spiro atoms. The maximum atomic E-state index is 12.5. The second kappa shape index (κ2) is 10.8. The number of hydrogen-bond acceptors (Lipinski definition) is 6. The highest BCUT2D eigenvalue weighted by Crippen LogP contribution is 2.32. The molecule has 0 unspecified atom stereocenters. The van der Waals surface area contributed by atoms with Crippen molar-refractivity contribution in [2.75, 3.05) is 19.5 Å². The number of benzene rings is 3. The zero-order chi connectivity index (χ0) is 24.7. The molecule has 0 aromatic heterocycles. The highest BCUT2D eigenvalue weighted by Gasteiger charge is 2.20. The maximum Gasteiger partial charge on any atom is 0.340 e. The summed E-state index contributed by atoms with van der Waals surface area (Å²) in [6.45, 7) is 1.93.